The van der Waals surface area contributed by atoms with Gasteiger partial charge in [-0.2, -0.15) is 5.10 Å². The highest BCUT2D eigenvalue weighted by Crippen LogP contribution is 2.11. The Kier molecular flexibility index (Phi) is 5.32. The van der Waals surface area contributed by atoms with Crippen LogP contribution in [0, 0.1) is 6.92 Å². The van der Waals surface area contributed by atoms with E-state index < -0.39 is 0 Å². The Hall–Kier alpha value is -1.65. The topological polar surface area (TPSA) is 47.1 Å². The Morgan fingerprint density at radius 3 is 2.60 bits per heavy atom. The van der Waals surface area contributed by atoms with Crippen LogP contribution in [0.3, 0.4) is 0 Å². The molecule has 0 atom stereocenters. The SMILES string of the molecule is CCn1nc(C)cc1CN(CCN)Cc1ccccc1. The molecule has 4 nitrogen and oxygen atoms in total. The van der Waals surface area contributed by atoms with Gasteiger partial charge in [0.15, 0.2) is 0 Å². The van der Waals surface area contributed by atoms with Gasteiger partial charge >= 0.3 is 0 Å². The van der Waals surface area contributed by atoms with E-state index in [1.165, 1.54) is 11.3 Å². The minimum Gasteiger partial charge on any atom is -0.329 e. The van der Waals surface area contributed by atoms with Crippen molar-refractivity contribution in [3.63, 3.8) is 0 Å². The number of aryl methyl sites for hydroxylation is 2. The summed E-state index contributed by atoms with van der Waals surface area (Å²) >= 11 is 0. The quantitative estimate of drug-likeness (QED) is 0.840. The van der Waals surface area contributed by atoms with Crippen LogP contribution in [0.1, 0.15) is 23.9 Å². The number of hydrogen-bond donors (Lipinski definition) is 1. The van der Waals surface area contributed by atoms with Crippen LogP contribution in [-0.2, 0) is 19.6 Å². The normalized spacial score (nSPS) is 11.2. The molecule has 0 aliphatic rings. The van der Waals surface area contributed by atoms with Gasteiger partial charge in [0.25, 0.3) is 0 Å². The summed E-state index contributed by atoms with van der Waals surface area (Å²) in [7, 11) is 0. The van der Waals surface area contributed by atoms with Gasteiger partial charge in [-0.15, -0.1) is 0 Å². The molecular weight excluding hydrogens is 248 g/mol. The third kappa shape index (κ3) is 3.92. The molecule has 0 saturated heterocycles. The molecule has 20 heavy (non-hydrogen) atoms. The van der Waals surface area contributed by atoms with Crippen LogP contribution in [-0.4, -0.2) is 27.8 Å². The van der Waals surface area contributed by atoms with E-state index in [2.05, 4.69) is 51.9 Å². The monoisotopic (exact) mass is 272 g/mol. The third-order valence-corrected chi connectivity index (χ3v) is 3.36. The Labute approximate surface area is 121 Å². The van der Waals surface area contributed by atoms with Crippen LogP contribution in [0.4, 0.5) is 0 Å². The molecule has 0 saturated carbocycles. The second kappa shape index (κ2) is 7.22. The molecule has 0 bridgehead atoms. The second-order valence-electron chi connectivity index (χ2n) is 5.08. The van der Waals surface area contributed by atoms with E-state index in [-0.39, 0.29) is 0 Å². The molecule has 1 heterocycles. The first kappa shape index (κ1) is 14.8. The molecule has 0 aliphatic carbocycles. The van der Waals surface area contributed by atoms with E-state index in [0.717, 1.165) is 31.9 Å². The summed E-state index contributed by atoms with van der Waals surface area (Å²) in [6.45, 7) is 8.45. The van der Waals surface area contributed by atoms with Gasteiger partial charge in [0.2, 0.25) is 0 Å². The van der Waals surface area contributed by atoms with Crippen molar-refractivity contribution >= 4 is 0 Å². The predicted octanol–water partition coefficient (Wildman–Crippen LogP) is 2.17. The fraction of sp³-hybridized carbons (Fsp3) is 0.438. The van der Waals surface area contributed by atoms with Crippen LogP contribution in [0.5, 0.6) is 0 Å². The van der Waals surface area contributed by atoms with Crippen molar-refractivity contribution in [2.24, 2.45) is 5.73 Å². The first-order valence-corrected chi connectivity index (χ1v) is 7.22. The van der Waals surface area contributed by atoms with Crippen LogP contribution in [0.15, 0.2) is 36.4 Å². The molecular formula is C16H24N4. The molecule has 2 rings (SSSR count). The van der Waals surface area contributed by atoms with Crippen LogP contribution >= 0.6 is 0 Å². The summed E-state index contributed by atoms with van der Waals surface area (Å²) in [5.41, 5.74) is 9.40. The molecule has 0 unspecified atom stereocenters. The van der Waals surface area contributed by atoms with E-state index in [9.17, 15) is 0 Å². The smallest absolute Gasteiger partial charge is 0.0597 e. The lowest BCUT2D eigenvalue weighted by Gasteiger charge is -2.22. The number of nitrogens with zero attached hydrogens (tertiary/aromatic N) is 3. The maximum atomic E-state index is 5.75. The summed E-state index contributed by atoms with van der Waals surface area (Å²) < 4.78 is 2.07. The van der Waals surface area contributed by atoms with Gasteiger partial charge in [-0.1, -0.05) is 30.3 Å². The van der Waals surface area contributed by atoms with Crippen LogP contribution < -0.4 is 5.73 Å². The lowest BCUT2D eigenvalue weighted by atomic mass is 10.2. The summed E-state index contributed by atoms with van der Waals surface area (Å²) in [6.07, 6.45) is 0. The summed E-state index contributed by atoms with van der Waals surface area (Å²) in [5, 5.41) is 4.51. The van der Waals surface area contributed by atoms with Gasteiger partial charge in [-0.3, -0.25) is 9.58 Å². The Balaban J connectivity index is 2.08. The molecule has 0 spiro atoms. The molecule has 0 radical (unpaired) electrons. The van der Waals surface area contributed by atoms with Crippen molar-refractivity contribution in [2.45, 2.75) is 33.5 Å². The number of rotatable bonds is 7. The summed E-state index contributed by atoms with van der Waals surface area (Å²) in [6, 6.07) is 12.7. The van der Waals surface area contributed by atoms with Gasteiger partial charge in [0.05, 0.1) is 11.4 Å². The lowest BCUT2D eigenvalue weighted by molar-refractivity contribution is 0.256. The van der Waals surface area contributed by atoms with Crippen molar-refractivity contribution in [1.82, 2.24) is 14.7 Å². The summed E-state index contributed by atoms with van der Waals surface area (Å²) in [4.78, 5) is 2.37. The highest BCUT2D eigenvalue weighted by Gasteiger charge is 2.10. The molecule has 0 amide bonds. The van der Waals surface area contributed by atoms with Gasteiger partial charge in [-0.25, -0.2) is 0 Å². The van der Waals surface area contributed by atoms with Gasteiger partial charge in [0.1, 0.15) is 0 Å². The number of nitrogens with two attached hydrogens (primary N) is 1. The molecule has 108 valence electrons. The number of benzene rings is 1. The van der Waals surface area contributed by atoms with E-state index >= 15 is 0 Å². The van der Waals surface area contributed by atoms with Gasteiger partial charge in [0, 0.05) is 32.7 Å². The first-order valence-electron chi connectivity index (χ1n) is 7.22. The Morgan fingerprint density at radius 2 is 1.95 bits per heavy atom. The number of aromatic nitrogens is 2. The largest absolute Gasteiger partial charge is 0.329 e. The second-order valence-corrected chi connectivity index (χ2v) is 5.08. The minimum absolute atomic E-state index is 0.673. The van der Waals surface area contributed by atoms with Crippen molar-refractivity contribution in [1.29, 1.82) is 0 Å². The first-order chi connectivity index (χ1) is 9.72. The third-order valence-electron chi connectivity index (χ3n) is 3.36. The summed E-state index contributed by atoms with van der Waals surface area (Å²) in [5.74, 6) is 0. The maximum absolute atomic E-state index is 5.75. The zero-order valence-electron chi connectivity index (χ0n) is 12.4. The predicted molar refractivity (Wildman–Crippen MR) is 82.2 cm³/mol. The average molecular weight is 272 g/mol. The van der Waals surface area contributed by atoms with Crippen molar-refractivity contribution in [2.75, 3.05) is 13.1 Å². The van der Waals surface area contributed by atoms with Gasteiger partial charge in [-0.05, 0) is 25.5 Å². The van der Waals surface area contributed by atoms with Crippen molar-refractivity contribution < 1.29 is 0 Å². The van der Waals surface area contributed by atoms with E-state index in [4.69, 9.17) is 5.73 Å². The molecule has 2 N–H and O–H groups in total. The van der Waals surface area contributed by atoms with E-state index in [1.54, 1.807) is 0 Å². The van der Waals surface area contributed by atoms with Crippen molar-refractivity contribution in [3.8, 4) is 0 Å². The molecule has 0 aliphatic heterocycles. The molecule has 4 heteroatoms. The molecule has 0 fully saturated rings. The maximum Gasteiger partial charge on any atom is 0.0597 e. The lowest BCUT2D eigenvalue weighted by Crippen LogP contribution is -2.29. The zero-order valence-corrected chi connectivity index (χ0v) is 12.4. The number of hydrogen-bond acceptors (Lipinski definition) is 3. The van der Waals surface area contributed by atoms with Gasteiger partial charge < -0.3 is 5.73 Å². The molecule has 2 aromatic rings. The highest BCUT2D eigenvalue weighted by molar-refractivity contribution is 5.15. The van der Waals surface area contributed by atoms with E-state index in [1.807, 2.05) is 13.0 Å². The van der Waals surface area contributed by atoms with Crippen LogP contribution in [0.2, 0.25) is 0 Å². The highest BCUT2D eigenvalue weighted by atomic mass is 15.3. The fourth-order valence-corrected chi connectivity index (χ4v) is 2.47. The average Bonchev–Trinajstić information content (AvgIpc) is 2.80. The molecule has 1 aromatic heterocycles. The van der Waals surface area contributed by atoms with E-state index in [0.29, 0.717) is 6.54 Å². The Morgan fingerprint density at radius 1 is 1.20 bits per heavy atom. The van der Waals surface area contributed by atoms with Crippen LogP contribution in [0.25, 0.3) is 0 Å². The van der Waals surface area contributed by atoms with Crippen molar-refractivity contribution in [3.05, 3.63) is 53.3 Å². The zero-order chi connectivity index (χ0) is 14.4. The minimum atomic E-state index is 0.673. The fourth-order valence-electron chi connectivity index (χ4n) is 2.47. The standard InChI is InChI=1S/C16H24N4/c1-3-20-16(11-14(2)18-20)13-19(10-9-17)12-15-7-5-4-6-8-15/h4-8,11H,3,9-10,12-13,17H2,1-2H3. The molecule has 1 aromatic carbocycles. The Bertz CT molecular complexity index is 519.